The van der Waals surface area contributed by atoms with Gasteiger partial charge in [-0.05, 0) is 36.8 Å². The van der Waals surface area contributed by atoms with Crippen LogP contribution in [0.4, 0.5) is 0 Å². The maximum atomic E-state index is 11.9. The summed E-state index contributed by atoms with van der Waals surface area (Å²) in [7, 11) is 1.55. The number of aromatic carboxylic acids is 1. The van der Waals surface area contributed by atoms with Crippen LogP contribution in [-0.4, -0.2) is 30.7 Å². The quantitative estimate of drug-likeness (QED) is 0.812. The third-order valence-corrected chi connectivity index (χ3v) is 3.02. The van der Waals surface area contributed by atoms with E-state index in [2.05, 4.69) is 5.32 Å². The van der Waals surface area contributed by atoms with Crippen LogP contribution in [0.5, 0.6) is 11.5 Å². The van der Waals surface area contributed by atoms with Crippen LogP contribution in [0.2, 0.25) is 0 Å². The second kappa shape index (κ2) is 7.35. The van der Waals surface area contributed by atoms with Gasteiger partial charge in [0.2, 0.25) is 5.76 Å². The minimum Gasteiger partial charge on any atom is -0.493 e. The predicted octanol–water partition coefficient (Wildman–Crippen LogP) is 2.32. The van der Waals surface area contributed by atoms with Gasteiger partial charge in [0.25, 0.3) is 5.91 Å². The van der Waals surface area contributed by atoms with E-state index in [-0.39, 0.29) is 18.1 Å². The molecule has 0 unspecified atom stereocenters. The number of carboxylic acids is 1. The fourth-order valence-corrected chi connectivity index (χ4v) is 1.94. The number of hydrogen-bond donors (Lipinski definition) is 2. The van der Waals surface area contributed by atoms with Crippen molar-refractivity contribution >= 4 is 11.9 Å². The first kappa shape index (κ1) is 16.4. The van der Waals surface area contributed by atoms with Crippen LogP contribution in [0, 0.1) is 0 Å². The molecule has 7 nitrogen and oxygen atoms in total. The van der Waals surface area contributed by atoms with E-state index in [1.54, 1.807) is 25.3 Å². The van der Waals surface area contributed by atoms with E-state index in [0.717, 1.165) is 5.56 Å². The molecule has 0 bridgehead atoms. The Morgan fingerprint density at radius 1 is 1.17 bits per heavy atom. The molecule has 0 aliphatic rings. The summed E-state index contributed by atoms with van der Waals surface area (Å²) in [6, 6.07) is 7.87. The first-order chi connectivity index (χ1) is 11.0. The number of hydrogen-bond acceptors (Lipinski definition) is 5. The summed E-state index contributed by atoms with van der Waals surface area (Å²) in [5.74, 6) is -0.849. The predicted molar refractivity (Wildman–Crippen MR) is 81.0 cm³/mol. The van der Waals surface area contributed by atoms with Crippen molar-refractivity contribution in [2.45, 2.75) is 13.5 Å². The SMILES string of the molecule is CCOc1cc(CNC(=O)c2ccc(C(=O)O)o2)ccc1OC. The Morgan fingerprint density at radius 3 is 2.52 bits per heavy atom. The number of carbonyl (C=O) groups is 2. The Labute approximate surface area is 132 Å². The molecule has 0 atom stereocenters. The molecule has 2 N–H and O–H groups in total. The molecule has 7 heteroatoms. The second-order valence-corrected chi connectivity index (χ2v) is 4.57. The van der Waals surface area contributed by atoms with Crippen molar-refractivity contribution in [3.63, 3.8) is 0 Å². The summed E-state index contributed by atoms with van der Waals surface area (Å²) >= 11 is 0. The first-order valence-corrected chi connectivity index (χ1v) is 6.96. The topological polar surface area (TPSA) is 98.0 Å². The number of furan rings is 1. The monoisotopic (exact) mass is 319 g/mol. The summed E-state index contributed by atoms with van der Waals surface area (Å²) in [4.78, 5) is 22.7. The second-order valence-electron chi connectivity index (χ2n) is 4.57. The number of methoxy groups -OCH3 is 1. The number of carboxylic acid groups (broad SMARTS) is 1. The number of nitrogens with one attached hydrogen (secondary N) is 1. The molecule has 0 aliphatic heterocycles. The minimum atomic E-state index is -1.22. The molecule has 0 radical (unpaired) electrons. The van der Waals surface area contributed by atoms with Gasteiger partial charge in [-0.2, -0.15) is 0 Å². The van der Waals surface area contributed by atoms with Gasteiger partial charge in [0.1, 0.15) is 0 Å². The molecule has 0 saturated carbocycles. The lowest BCUT2D eigenvalue weighted by Gasteiger charge is -2.11. The molecular formula is C16H17NO6. The molecule has 23 heavy (non-hydrogen) atoms. The van der Waals surface area contributed by atoms with Gasteiger partial charge >= 0.3 is 5.97 Å². The highest BCUT2D eigenvalue weighted by atomic mass is 16.5. The molecule has 1 amide bonds. The minimum absolute atomic E-state index is 0.0547. The number of carbonyl (C=O) groups excluding carboxylic acids is 1. The lowest BCUT2D eigenvalue weighted by molar-refractivity contribution is 0.0659. The summed E-state index contributed by atoms with van der Waals surface area (Å²) in [6.07, 6.45) is 0. The van der Waals surface area contributed by atoms with Crippen molar-refractivity contribution in [2.75, 3.05) is 13.7 Å². The zero-order chi connectivity index (χ0) is 16.8. The molecule has 0 spiro atoms. The molecule has 122 valence electrons. The zero-order valence-electron chi connectivity index (χ0n) is 12.8. The fraction of sp³-hybridized carbons (Fsp3) is 0.250. The van der Waals surface area contributed by atoms with Crippen LogP contribution in [-0.2, 0) is 6.54 Å². The maximum Gasteiger partial charge on any atom is 0.371 e. The van der Waals surface area contributed by atoms with Gasteiger partial charge in [-0.1, -0.05) is 6.07 Å². The van der Waals surface area contributed by atoms with E-state index in [9.17, 15) is 9.59 Å². The standard InChI is InChI=1S/C16H17NO6/c1-3-22-14-8-10(4-5-11(14)21-2)9-17-15(18)12-6-7-13(23-12)16(19)20/h4-8H,3,9H2,1-2H3,(H,17,18)(H,19,20). The summed E-state index contributed by atoms with van der Waals surface area (Å²) in [5, 5.41) is 11.4. The number of benzene rings is 1. The van der Waals surface area contributed by atoms with Crippen LogP contribution in [0.1, 0.15) is 33.6 Å². The average Bonchev–Trinajstić information content (AvgIpc) is 3.03. The van der Waals surface area contributed by atoms with E-state index in [4.69, 9.17) is 19.0 Å². The third kappa shape index (κ3) is 4.03. The average molecular weight is 319 g/mol. The number of rotatable bonds is 7. The highest BCUT2D eigenvalue weighted by Crippen LogP contribution is 2.28. The van der Waals surface area contributed by atoms with Crippen LogP contribution >= 0.6 is 0 Å². The molecule has 0 fully saturated rings. The summed E-state index contributed by atoms with van der Waals surface area (Å²) in [5.41, 5.74) is 0.813. The van der Waals surface area contributed by atoms with E-state index in [1.165, 1.54) is 12.1 Å². The van der Waals surface area contributed by atoms with Crippen LogP contribution in [0.3, 0.4) is 0 Å². The summed E-state index contributed by atoms with van der Waals surface area (Å²) < 4.78 is 15.6. The molecule has 2 rings (SSSR count). The maximum absolute atomic E-state index is 11.9. The van der Waals surface area contributed by atoms with Crippen molar-refractivity contribution in [1.82, 2.24) is 5.32 Å². The van der Waals surface area contributed by atoms with Crippen LogP contribution in [0.25, 0.3) is 0 Å². The van der Waals surface area contributed by atoms with Crippen molar-refractivity contribution in [2.24, 2.45) is 0 Å². The Balaban J connectivity index is 2.03. The van der Waals surface area contributed by atoms with Crippen molar-refractivity contribution in [3.05, 3.63) is 47.4 Å². The molecule has 1 aromatic heterocycles. The van der Waals surface area contributed by atoms with Gasteiger partial charge in [-0.3, -0.25) is 4.79 Å². The van der Waals surface area contributed by atoms with Crippen molar-refractivity contribution in [1.29, 1.82) is 0 Å². The van der Waals surface area contributed by atoms with Gasteiger partial charge in [0, 0.05) is 6.54 Å². The highest BCUT2D eigenvalue weighted by molar-refractivity contribution is 5.93. The molecule has 0 aliphatic carbocycles. The fourth-order valence-electron chi connectivity index (χ4n) is 1.94. The molecule has 0 saturated heterocycles. The van der Waals surface area contributed by atoms with Crippen molar-refractivity contribution in [3.8, 4) is 11.5 Å². The Morgan fingerprint density at radius 2 is 1.91 bits per heavy atom. The zero-order valence-corrected chi connectivity index (χ0v) is 12.8. The van der Waals surface area contributed by atoms with Crippen LogP contribution < -0.4 is 14.8 Å². The lowest BCUT2D eigenvalue weighted by atomic mass is 10.2. The highest BCUT2D eigenvalue weighted by Gasteiger charge is 2.15. The van der Waals surface area contributed by atoms with E-state index < -0.39 is 11.9 Å². The lowest BCUT2D eigenvalue weighted by Crippen LogP contribution is -2.22. The normalized spacial score (nSPS) is 10.2. The Bertz CT molecular complexity index is 706. The summed E-state index contributed by atoms with van der Waals surface area (Å²) in [6.45, 7) is 2.60. The van der Waals surface area contributed by atoms with E-state index in [0.29, 0.717) is 18.1 Å². The van der Waals surface area contributed by atoms with Gasteiger partial charge in [-0.15, -0.1) is 0 Å². The van der Waals surface area contributed by atoms with Gasteiger partial charge < -0.3 is 24.3 Å². The Hall–Kier alpha value is -2.96. The largest absolute Gasteiger partial charge is 0.493 e. The van der Waals surface area contributed by atoms with Gasteiger partial charge in [-0.25, -0.2) is 4.79 Å². The molecular weight excluding hydrogens is 302 g/mol. The first-order valence-electron chi connectivity index (χ1n) is 6.96. The van der Waals surface area contributed by atoms with Gasteiger partial charge in [0.15, 0.2) is 17.3 Å². The van der Waals surface area contributed by atoms with Gasteiger partial charge in [0.05, 0.1) is 13.7 Å². The van der Waals surface area contributed by atoms with Crippen LogP contribution in [0.15, 0.2) is 34.7 Å². The van der Waals surface area contributed by atoms with E-state index >= 15 is 0 Å². The Kier molecular flexibility index (Phi) is 5.24. The molecule has 2 aromatic rings. The van der Waals surface area contributed by atoms with Crippen molar-refractivity contribution < 1.29 is 28.6 Å². The molecule has 1 heterocycles. The molecule has 1 aromatic carbocycles. The number of ether oxygens (including phenoxy) is 2. The van der Waals surface area contributed by atoms with E-state index in [1.807, 2.05) is 6.92 Å². The number of amides is 1. The smallest absolute Gasteiger partial charge is 0.371 e. The third-order valence-electron chi connectivity index (χ3n) is 3.02.